The molecule has 4 nitrogen and oxygen atoms in total. The van der Waals surface area contributed by atoms with Gasteiger partial charge in [0.15, 0.2) is 5.78 Å². The molecule has 2 aromatic rings. The number of ketones is 1. The molecule has 0 aliphatic carbocycles. The number of rotatable bonds is 2. The van der Waals surface area contributed by atoms with Crippen molar-refractivity contribution in [3.63, 3.8) is 0 Å². The van der Waals surface area contributed by atoms with Gasteiger partial charge in [-0.1, -0.05) is 0 Å². The smallest absolute Gasteiger partial charge is 0.161 e. The number of carbonyl (C=O) groups excluding carboxylic acids is 1. The molecule has 1 N–H and O–H groups in total. The summed E-state index contributed by atoms with van der Waals surface area (Å²) in [4.78, 5) is 15.3. The van der Waals surface area contributed by atoms with Gasteiger partial charge >= 0.3 is 0 Å². The van der Waals surface area contributed by atoms with Gasteiger partial charge in [-0.05, 0) is 18.6 Å². The summed E-state index contributed by atoms with van der Waals surface area (Å²) >= 11 is 0. The van der Waals surface area contributed by atoms with Crippen LogP contribution >= 0.6 is 0 Å². The molecule has 0 aliphatic rings. The summed E-state index contributed by atoms with van der Waals surface area (Å²) in [6.07, 6.45) is 5.11. The zero-order valence-electron chi connectivity index (χ0n) is 7.77. The predicted molar refractivity (Wildman–Crippen MR) is 51.1 cm³/mol. The van der Waals surface area contributed by atoms with E-state index in [9.17, 15) is 4.79 Å². The number of hydrogen-bond acceptors (Lipinski definition) is 3. The molecular weight excluding hydrogens is 180 g/mol. The van der Waals surface area contributed by atoms with Crippen molar-refractivity contribution in [2.24, 2.45) is 0 Å². The second-order valence-corrected chi connectivity index (χ2v) is 3.12. The first-order valence-electron chi connectivity index (χ1n) is 4.30. The number of carbonyl (C=O) groups is 1. The van der Waals surface area contributed by atoms with Gasteiger partial charge in [0.05, 0.1) is 6.61 Å². The highest BCUT2D eigenvalue weighted by atomic mass is 16.3. The summed E-state index contributed by atoms with van der Waals surface area (Å²) in [5.41, 5.74) is 1.90. The van der Waals surface area contributed by atoms with Crippen molar-refractivity contribution >= 4 is 11.4 Å². The molecule has 0 aliphatic heterocycles. The minimum atomic E-state index is -0.141. The Hall–Kier alpha value is -1.68. The third-order valence-corrected chi connectivity index (χ3v) is 2.17. The Morgan fingerprint density at radius 1 is 1.64 bits per heavy atom. The van der Waals surface area contributed by atoms with Crippen LogP contribution in [0.2, 0.25) is 0 Å². The number of Topliss-reactive ketones (excluding diaryl/α,β-unsaturated/α-hetero) is 1. The molecule has 0 unspecified atom stereocenters. The Morgan fingerprint density at radius 2 is 2.43 bits per heavy atom. The van der Waals surface area contributed by atoms with Crippen molar-refractivity contribution in [1.29, 1.82) is 0 Å². The molecule has 0 saturated carbocycles. The zero-order valence-corrected chi connectivity index (χ0v) is 7.77. The predicted octanol–water partition coefficient (Wildman–Crippen LogP) is 1.03. The van der Waals surface area contributed by atoms with Crippen LogP contribution in [0.25, 0.3) is 5.65 Å². The molecule has 0 atom stereocenters. The van der Waals surface area contributed by atoms with Gasteiger partial charge < -0.3 is 9.51 Å². The van der Waals surface area contributed by atoms with Crippen LogP contribution in [0, 0.1) is 0 Å². The second-order valence-electron chi connectivity index (χ2n) is 3.12. The second kappa shape index (κ2) is 3.23. The maximum absolute atomic E-state index is 11.2. The number of aromatic nitrogens is 2. The first kappa shape index (κ1) is 8.90. The molecule has 0 saturated heterocycles. The summed E-state index contributed by atoms with van der Waals surface area (Å²) in [6, 6.07) is 1.72. The van der Waals surface area contributed by atoms with Crippen molar-refractivity contribution in [3.05, 3.63) is 35.8 Å². The average molecular weight is 190 g/mol. The Bertz CT molecular complexity index is 488. The molecule has 4 heteroatoms. The van der Waals surface area contributed by atoms with Gasteiger partial charge in [-0.2, -0.15) is 0 Å². The molecule has 0 radical (unpaired) electrons. The van der Waals surface area contributed by atoms with E-state index in [1.54, 1.807) is 29.1 Å². The lowest BCUT2D eigenvalue weighted by molar-refractivity contribution is 0.101. The lowest BCUT2D eigenvalue weighted by Crippen LogP contribution is -2.02. The van der Waals surface area contributed by atoms with Crippen LogP contribution in [0.1, 0.15) is 22.8 Å². The van der Waals surface area contributed by atoms with Crippen LogP contribution < -0.4 is 0 Å². The number of pyridine rings is 1. The minimum Gasteiger partial charge on any atom is -0.392 e. The number of hydrogen-bond donors (Lipinski definition) is 1. The van der Waals surface area contributed by atoms with E-state index in [1.165, 1.54) is 6.92 Å². The average Bonchev–Trinajstić information content (AvgIpc) is 2.62. The third-order valence-electron chi connectivity index (χ3n) is 2.17. The van der Waals surface area contributed by atoms with E-state index in [4.69, 9.17) is 5.11 Å². The summed E-state index contributed by atoms with van der Waals surface area (Å²) in [6.45, 7) is 1.34. The Balaban J connectivity index is 2.72. The molecule has 2 rings (SSSR count). The zero-order chi connectivity index (χ0) is 10.1. The van der Waals surface area contributed by atoms with Gasteiger partial charge in [-0.25, -0.2) is 4.98 Å². The molecule has 0 aromatic carbocycles. The van der Waals surface area contributed by atoms with Crippen molar-refractivity contribution in [2.45, 2.75) is 13.5 Å². The quantitative estimate of drug-likeness (QED) is 0.719. The summed E-state index contributed by atoms with van der Waals surface area (Å²) < 4.78 is 1.76. The van der Waals surface area contributed by atoms with Crippen LogP contribution in [0.15, 0.2) is 24.7 Å². The lowest BCUT2D eigenvalue weighted by Gasteiger charge is -2.04. The molecule has 0 fully saturated rings. The molecule has 0 spiro atoms. The molecule has 14 heavy (non-hydrogen) atoms. The topological polar surface area (TPSA) is 54.6 Å². The van der Waals surface area contributed by atoms with Crippen LogP contribution in [0.3, 0.4) is 0 Å². The van der Waals surface area contributed by atoms with Gasteiger partial charge in [0.25, 0.3) is 0 Å². The number of aliphatic hydroxyl groups is 1. The van der Waals surface area contributed by atoms with E-state index in [-0.39, 0.29) is 12.4 Å². The highest BCUT2D eigenvalue weighted by molar-refractivity contribution is 5.95. The first-order valence-corrected chi connectivity index (χ1v) is 4.30. The van der Waals surface area contributed by atoms with Crippen molar-refractivity contribution in [2.75, 3.05) is 0 Å². The normalized spacial score (nSPS) is 10.7. The third kappa shape index (κ3) is 1.29. The van der Waals surface area contributed by atoms with Crippen LogP contribution in [-0.4, -0.2) is 20.3 Å². The molecule has 2 aromatic heterocycles. The fourth-order valence-corrected chi connectivity index (χ4v) is 1.45. The number of nitrogens with zero attached hydrogens (tertiary/aromatic N) is 2. The Kier molecular flexibility index (Phi) is 2.05. The number of aliphatic hydroxyl groups excluding tert-OH is 1. The van der Waals surface area contributed by atoms with E-state index in [0.29, 0.717) is 11.1 Å². The summed E-state index contributed by atoms with van der Waals surface area (Å²) in [5.74, 6) is -0.0512. The van der Waals surface area contributed by atoms with Gasteiger partial charge in [0.1, 0.15) is 5.65 Å². The van der Waals surface area contributed by atoms with Crippen molar-refractivity contribution < 1.29 is 9.90 Å². The van der Waals surface area contributed by atoms with Crippen LogP contribution in [0.4, 0.5) is 0 Å². The maximum atomic E-state index is 11.2. The molecule has 72 valence electrons. The van der Waals surface area contributed by atoms with E-state index in [1.807, 2.05) is 0 Å². The fourth-order valence-electron chi connectivity index (χ4n) is 1.45. The SMILES string of the molecule is CC(=O)c1cn2ccnc2cc1CO. The number of fused-ring (bicyclic) bond motifs is 1. The van der Waals surface area contributed by atoms with Crippen molar-refractivity contribution in [3.8, 4) is 0 Å². The molecule has 0 amide bonds. The van der Waals surface area contributed by atoms with Gasteiger partial charge in [0.2, 0.25) is 0 Å². The van der Waals surface area contributed by atoms with Gasteiger partial charge in [-0.3, -0.25) is 4.79 Å². The van der Waals surface area contributed by atoms with Gasteiger partial charge in [-0.15, -0.1) is 0 Å². The number of imidazole rings is 1. The fraction of sp³-hybridized carbons (Fsp3) is 0.200. The summed E-state index contributed by atoms with van der Waals surface area (Å²) in [7, 11) is 0. The largest absolute Gasteiger partial charge is 0.392 e. The molecule has 0 bridgehead atoms. The molecular formula is C10H10N2O2. The Labute approximate surface area is 80.8 Å². The maximum Gasteiger partial charge on any atom is 0.161 e. The van der Waals surface area contributed by atoms with Crippen LogP contribution in [-0.2, 0) is 6.61 Å². The minimum absolute atomic E-state index is 0.0512. The first-order chi connectivity index (χ1) is 6.72. The van der Waals surface area contributed by atoms with E-state index >= 15 is 0 Å². The van der Waals surface area contributed by atoms with E-state index in [2.05, 4.69) is 4.98 Å². The van der Waals surface area contributed by atoms with Crippen molar-refractivity contribution in [1.82, 2.24) is 9.38 Å². The Morgan fingerprint density at radius 3 is 3.07 bits per heavy atom. The highest BCUT2D eigenvalue weighted by Crippen LogP contribution is 2.12. The highest BCUT2D eigenvalue weighted by Gasteiger charge is 2.08. The van der Waals surface area contributed by atoms with E-state index < -0.39 is 0 Å². The van der Waals surface area contributed by atoms with E-state index in [0.717, 1.165) is 5.65 Å². The standard InChI is InChI=1S/C10H10N2O2/c1-7(14)9-5-12-3-2-11-10(12)4-8(9)6-13/h2-5,13H,6H2,1H3. The summed E-state index contributed by atoms with van der Waals surface area (Å²) in [5, 5.41) is 9.08. The lowest BCUT2D eigenvalue weighted by atomic mass is 10.1. The monoisotopic (exact) mass is 190 g/mol. The van der Waals surface area contributed by atoms with Gasteiger partial charge in [0, 0.05) is 24.2 Å². The molecule has 2 heterocycles. The van der Waals surface area contributed by atoms with Crippen LogP contribution in [0.5, 0.6) is 0 Å².